The fraction of sp³-hybridized carbons (Fsp3) is 0.489. The number of ether oxygens (including phenoxy) is 1. The second kappa shape index (κ2) is 16.2. The summed E-state index contributed by atoms with van der Waals surface area (Å²) in [5.74, 6) is -3.27. The summed E-state index contributed by atoms with van der Waals surface area (Å²) in [7, 11) is 3.51. The van der Waals surface area contributed by atoms with Crippen molar-refractivity contribution in [2.75, 3.05) is 72.9 Å². The average molecular weight is 885 g/mol. The van der Waals surface area contributed by atoms with Gasteiger partial charge in [0.15, 0.2) is 6.61 Å². The van der Waals surface area contributed by atoms with Crippen LogP contribution in [0.5, 0.6) is 5.75 Å². The molecule has 3 aromatic heterocycles. The first-order chi connectivity index (χ1) is 30.4. The van der Waals surface area contributed by atoms with Crippen LogP contribution in [0.15, 0.2) is 53.5 Å². The van der Waals surface area contributed by atoms with Crippen molar-refractivity contribution < 1.29 is 28.2 Å². The van der Waals surface area contributed by atoms with Gasteiger partial charge in [-0.15, -0.1) is 0 Å². The molecular formula is C45H51ClF2N10O5. The third-order valence-electron chi connectivity index (χ3n) is 13.8. The number of nitrogens with zero attached hydrogens (tertiary/aromatic N) is 7. The van der Waals surface area contributed by atoms with E-state index in [4.69, 9.17) is 21.4 Å². The number of alkyl halides is 2. The number of carbonyl (C=O) groups is 2. The quantitative estimate of drug-likeness (QED) is 0.141. The maximum atomic E-state index is 15.2. The standard InChI is InChI=1S/C45H51ClF2N10O5/c1-54-34-10-8-27(18-31(34)39-41(44(54)62)63-24-45(47,48)42(52-39)26-6-7-26)50-33-19-36(49-20-32(33)46)58-17-16-57(28(22-58)23-59)21-25-12-14-56(15-13-25)35-5-3-4-29-38(53-55(2)40(29)35)30-9-11-37(60)51-43(30)61/h3-5,8,10,18-20,25-26,28,30,42,52,59H,6-7,9,11-17,21-24H2,1-2H3,(H,49,50)(H,51,60,61). The van der Waals surface area contributed by atoms with Gasteiger partial charge >= 0.3 is 5.92 Å². The zero-order valence-electron chi connectivity index (χ0n) is 35.2. The number of halogens is 3. The zero-order valence-corrected chi connectivity index (χ0v) is 36.0. The van der Waals surface area contributed by atoms with Crippen LogP contribution in [0.4, 0.5) is 37.3 Å². The maximum absolute atomic E-state index is 15.2. The smallest absolute Gasteiger partial charge is 0.301 e. The monoisotopic (exact) mass is 884 g/mol. The van der Waals surface area contributed by atoms with Crippen molar-refractivity contribution in [3.63, 3.8) is 0 Å². The number of para-hydroxylation sites is 1. The first-order valence-electron chi connectivity index (χ1n) is 21.9. The van der Waals surface area contributed by atoms with E-state index in [9.17, 15) is 19.5 Å². The molecule has 1 saturated carbocycles. The Morgan fingerprint density at radius 1 is 0.984 bits per heavy atom. The lowest BCUT2D eigenvalue weighted by Gasteiger charge is -2.44. The molecule has 7 heterocycles. The van der Waals surface area contributed by atoms with Gasteiger partial charge in [-0.25, -0.2) is 13.8 Å². The highest BCUT2D eigenvalue weighted by Gasteiger charge is 2.51. The first-order valence-corrected chi connectivity index (χ1v) is 22.2. The van der Waals surface area contributed by atoms with Crippen LogP contribution in [-0.2, 0) is 23.7 Å². The van der Waals surface area contributed by atoms with Crippen molar-refractivity contribution in [1.29, 1.82) is 0 Å². The van der Waals surface area contributed by atoms with Gasteiger partial charge in [0.2, 0.25) is 17.6 Å². The summed E-state index contributed by atoms with van der Waals surface area (Å²) in [4.78, 5) is 49.5. The Hall–Kier alpha value is -5.52. The lowest BCUT2D eigenvalue weighted by molar-refractivity contribution is -0.134. The molecule has 0 bridgehead atoms. The van der Waals surface area contributed by atoms with Crippen molar-refractivity contribution in [1.82, 2.24) is 29.5 Å². The van der Waals surface area contributed by atoms with Gasteiger partial charge in [0.1, 0.15) is 5.82 Å². The number of hydrogen-bond acceptors (Lipinski definition) is 12. The highest BCUT2D eigenvalue weighted by atomic mass is 35.5. The third kappa shape index (κ3) is 7.71. The molecule has 15 nitrogen and oxygen atoms in total. The van der Waals surface area contributed by atoms with Gasteiger partial charge in [-0.05, 0) is 68.2 Å². The van der Waals surface area contributed by atoms with Crippen LogP contribution >= 0.6 is 11.6 Å². The van der Waals surface area contributed by atoms with Gasteiger partial charge in [-0.3, -0.25) is 29.3 Å². The molecular weight excluding hydrogens is 834 g/mol. The molecule has 5 aromatic rings. The number of aromatic nitrogens is 4. The molecule has 3 saturated heterocycles. The number of aryl methyl sites for hydroxylation is 2. The number of piperidine rings is 2. The van der Waals surface area contributed by atoms with E-state index in [0.29, 0.717) is 83.5 Å². The van der Waals surface area contributed by atoms with Gasteiger partial charge in [-0.1, -0.05) is 23.7 Å². The Morgan fingerprint density at radius 3 is 2.56 bits per heavy atom. The molecule has 63 heavy (non-hydrogen) atoms. The van der Waals surface area contributed by atoms with Crippen molar-refractivity contribution in [2.45, 2.75) is 62.4 Å². The second-order valence-corrected chi connectivity index (χ2v) is 18.3. The molecule has 4 fully saturated rings. The number of aliphatic hydroxyl groups excluding tert-OH is 1. The molecule has 3 unspecified atom stereocenters. The minimum Gasteiger partial charge on any atom is -0.480 e. The Bertz CT molecular complexity index is 2680. The number of rotatable bonds is 9. The molecule has 2 aromatic carbocycles. The summed E-state index contributed by atoms with van der Waals surface area (Å²) >= 11 is 6.71. The number of carbonyl (C=O) groups excluding carboxylic acids is 2. The number of hydrogen-bond donors (Lipinski definition) is 4. The van der Waals surface area contributed by atoms with E-state index in [-0.39, 0.29) is 41.8 Å². The predicted molar refractivity (Wildman–Crippen MR) is 238 cm³/mol. The number of amides is 2. The Morgan fingerprint density at radius 2 is 1.79 bits per heavy atom. The number of aliphatic hydroxyl groups is 1. The van der Waals surface area contributed by atoms with Gasteiger partial charge in [0, 0.05) is 82.3 Å². The van der Waals surface area contributed by atoms with Crippen LogP contribution in [0.1, 0.15) is 50.1 Å². The highest BCUT2D eigenvalue weighted by molar-refractivity contribution is 6.33. The average Bonchev–Trinajstić information content (AvgIpc) is 4.08. The molecule has 3 atom stereocenters. The Balaban J connectivity index is 0.802. The van der Waals surface area contributed by atoms with Crippen molar-refractivity contribution in [3.8, 4) is 5.75 Å². The summed E-state index contributed by atoms with van der Waals surface area (Å²) in [5, 5.41) is 26.2. The molecule has 5 aliphatic rings. The topological polar surface area (TPSA) is 162 Å². The number of fused-ring (bicyclic) bond motifs is 4. The summed E-state index contributed by atoms with van der Waals surface area (Å²) in [6.07, 6.45) is 5.73. The van der Waals surface area contributed by atoms with E-state index in [0.717, 1.165) is 55.6 Å². The summed E-state index contributed by atoms with van der Waals surface area (Å²) < 4.78 is 39.2. The van der Waals surface area contributed by atoms with E-state index in [1.165, 1.54) is 4.57 Å². The number of benzene rings is 2. The highest BCUT2D eigenvalue weighted by Crippen LogP contribution is 2.46. The van der Waals surface area contributed by atoms with Crippen molar-refractivity contribution >= 4 is 73.8 Å². The number of anilines is 5. The normalized spacial score (nSPS) is 23.3. The van der Waals surface area contributed by atoms with Crippen LogP contribution < -0.4 is 36.0 Å². The van der Waals surface area contributed by atoms with Crippen molar-refractivity contribution in [3.05, 3.63) is 69.7 Å². The molecule has 18 heteroatoms. The van der Waals surface area contributed by atoms with Crippen LogP contribution in [0, 0.1) is 11.8 Å². The number of nitrogens with one attached hydrogen (secondary N) is 3. The van der Waals surface area contributed by atoms with E-state index in [2.05, 4.69) is 41.7 Å². The molecule has 2 amide bonds. The minimum absolute atomic E-state index is 0.00123. The lowest BCUT2D eigenvalue weighted by Crippen LogP contribution is -2.56. The van der Waals surface area contributed by atoms with E-state index < -0.39 is 30.0 Å². The maximum Gasteiger partial charge on any atom is 0.301 e. The first kappa shape index (κ1) is 41.5. The third-order valence-corrected chi connectivity index (χ3v) is 14.1. The second-order valence-electron chi connectivity index (χ2n) is 17.9. The van der Waals surface area contributed by atoms with Crippen LogP contribution in [-0.4, -0.2) is 112 Å². The molecule has 4 N–H and O–H groups in total. The van der Waals surface area contributed by atoms with Gasteiger partial charge in [-0.2, -0.15) is 5.10 Å². The van der Waals surface area contributed by atoms with Crippen molar-refractivity contribution in [2.24, 2.45) is 25.9 Å². The summed E-state index contributed by atoms with van der Waals surface area (Å²) in [5.41, 5.74) is 4.41. The minimum atomic E-state index is -3.14. The fourth-order valence-corrected chi connectivity index (χ4v) is 10.3. The molecule has 332 valence electrons. The number of piperazine rings is 1. The molecule has 0 spiro atoms. The molecule has 0 radical (unpaired) electrons. The van der Waals surface area contributed by atoms with E-state index >= 15 is 8.78 Å². The predicted octanol–water partition coefficient (Wildman–Crippen LogP) is 5.36. The Labute approximate surface area is 367 Å². The Kier molecular flexibility index (Phi) is 10.7. The largest absolute Gasteiger partial charge is 0.480 e. The fourth-order valence-electron chi connectivity index (χ4n) is 10.2. The van der Waals surface area contributed by atoms with E-state index in [1.807, 2.05) is 42.1 Å². The lowest BCUT2D eigenvalue weighted by atomic mass is 9.92. The van der Waals surface area contributed by atoms with Gasteiger partial charge < -0.3 is 34.8 Å². The van der Waals surface area contributed by atoms with E-state index in [1.54, 1.807) is 19.3 Å². The summed E-state index contributed by atoms with van der Waals surface area (Å²) in [6.45, 7) is 3.79. The molecule has 4 aliphatic heterocycles. The van der Waals surface area contributed by atoms with Crippen LogP contribution in [0.3, 0.4) is 0 Å². The van der Waals surface area contributed by atoms with Crippen LogP contribution in [0.25, 0.3) is 21.8 Å². The molecule has 10 rings (SSSR count). The number of pyridine rings is 2. The molecule has 1 aliphatic carbocycles. The zero-order chi connectivity index (χ0) is 43.7. The van der Waals surface area contributed by atoms with Gasteiger partial charge in [0.25, 0.3) is 5.56 Å². The number of imide groups is 1. The van der Waals surface area contributed by atoms with Gasteiger partial charge in [0.05, 0.1) is 69.6 Å². The SMILES string of the molecule is Cn1nc(C2CCC(=O)NC2=O)c2cccc(N3CCC(CN4CCN(c5cc(Nc6ccc7c(c6)c6c(c(=O)n7C)OCC(F)(F)C(C7CC7)N6)c(Cl)cn5)CC4CO)CC3)c21. The van der Waals surface area contributed by atoms with Crippen LogP contribution in [0.2, 0.25) is 5.02 Å². The summed E-state index contributed by atoms with van der Waals surface area (Å²) in [6, 6.07) is 12.2.